The average Bonchev–Trinajstić information content (AvgIpc) is 2.83. The fraction of sp³-hybridized carbons (Fsp3) is 0.522. The second-order valence-electron chi connectivity index (χ2n) is 8.23. The first-order valence-electron chi connectivity index (χ1n) is 11.5. The third-order valence-corrected chi connectivity index (χ3v) is 5.47. The molecule has 0 aliphatic carbocycles. The highest BCUT2D eigenvalue weighted by Gasteiger charge is 2.31. The quantitative estimate of drug-likeness (QED) is 0.0898. The Morgan fingerprint density at radius 2 is 1.63 bits per heavy atom. The molecule has 10 N–H and O–H groups in total. The molecule has 0 bridgehead atoms. The van der Waals surface area contributed by atoms with Crippen molar-refractivity contribution in [2.24, 2.45) is 28.1 Å². The van der Waals surface area contributed by atoms with E-state index in [1.54, 1.807) is 31.2 Å². The summed E-state index contributed by atoms with van der Waals surface area (Å²) in [4.78, 5) is 53.6. The van der Waals surface area contributed by atoms with E-state index in [0.717, 1.165) is 5.56 Å². The van der Waals surface area contributed by atoms with E-state index in [4.69, 9.17) is 17.2 Å². The highest BCUT2D eigenvalue weighted by atomic mass is 16.4. The molecule has 0 heterocycles. The Labute approximate surface area is 205 Å². The number of guanidine groups is 1. The first-order valence-corrected chi connectivity index (χ1v) is 11.5. The van der Waals surface area contributed by atoms with Gasteiger partial charge in [-0.15, -0.1) is 0 Å². The van der Waals surface area contributed by atoms with Crippen LogP contribution in [0, 0.1) is 5.92 Å². The van der Waals surface area contributed by atoms with Crippen LogP contribution in [-0.4, -0.2) is 66.0 Å². The molecular formula is C23H37N7O5. The molecule has 1 aromatic carbocycles. The molecule has 0 spiro atoms. The van der Waals surface area contributed by atoms with Crippen LogP contribution < -0.4 is 33.2 Å². The number of aliphatic carboxylic acids is 1. The van der Waals surface area contributed by atoms with Gasteiger partial charge in [0.05, 0.1) is 6.54 Å². The lowest BCUT2D eigenvalue weighted by Gasteiger charge is -2.27. The monoisotopic (exact) mass is 491 g/mol. The van der Waals surface area contributed by atoms with Crippen LogP contribution in [0.3, 0.4) is 0 Å². The van der Waals surface area contributed by atoms with Crippen LogP contribution in [0.2, 0.25) is 0 Å². The second-order valence-corrected chi connectivity index (χ2v) is 8.23. The molecule has 35 heavy (non-hydrogen) atoms. The lowest BCUT2D eigenvalue weighted by Crippen LogP contribution is -2.58. The van der Waals surface area contributed by atoms with Crippen LogP contribution in [-0.2, 0) is 25.6 Å². The van der Waals surface area contributed by atoms with Crippen molar-refractivity contribution in [1.82, 2.24) is 16.0 Å². The molecule has 0 saturated carbocycles. The SMILES string of the molecule is CCC(C)C(NC(=O)CN)C(=O)NC(Cc1ccccc1)C(=O)NC(CCCN=C(N)N)C(=O)O. The number of hydrogen-bond acceptors (Lipinski definition) is 6. The lowest BCUT2D eigenvalue weighted by atomic mass is 9.97. The molecule has 0 radical (unpaired) electrons. The van der Waals surface area contributed by atoms with Gasteiger partial charge in [-0.3, -0.25) is 19.4 Å². The topological polar surface area (TPSA) is 215 Å². The number of nitrogens with two attached hydrogens (primary N) is 3. The molecule has 4 unspecified atom stereocenters. The molecule has 1 rings (SSSR count). The van der Waals surface area contributed by atoms with E-state index in [0.29, 0.717) is 12.8 Å². The van der Waals surface area contributed by atoms with Crippen LogP contribution in [0.4, 0.5) is 0 Å². The number of carbonyl (C=O) groups is 4. The predicted molar refractivity (Wildman–Crippen MR) is 132 cm³/mol. The Morgan fingerprint density at radius 3 is 2.17 bits per heavy atom. The number of nitrogens with zero attached hydrogens (tertiary/aromatic N) is 1. The van der Waals surface area contributed by atoms with Gasteiger partial charge in [-0.05, 0) is 24.3 Å². The Balaban J connectivity index is 3.05. The molecule has 0 aliphatic rings. The van der Waals surface area contributed by atoms with E-state index >= 15 is 0 Å². The first kappa shape index (κ1) is 29.4. The summed E-state index contributed by atoms with van der Waals surface area (Å²) in [6.45, 7) is 3.59. The maximum Gasteiger partial charge on any atom is 0.326 e. The van der Waals surface area contributed by atoms with Gasteiger partial charge in [-0.1, -0.05) is 50.6 Å². The fourth-order valence-electron chi connectivity index (χ4n) is 3.29. The molecular weight excluding hydrogens is 454 g/mol. The van der Waals surface area contributed by atoms with Gasteiger partial charge >= 0.3 is 5.97 Å². The summed E-state index contributed by atoms with van der Waals surface area (Å²) < 4.78 is 0. The van der Waals surface area contributed by atoms with Crippen LogP contribution >= 0.6 is 0 Å². The molecule has 0 fully saturated rings. The largest absolute Gasteiger partial charge is 0.480 e. The van der Waals surface area contributed by atoms with Crippen molar-refractivity contribution in [2.45, 2.75) is 57.7 Å². The lowest BCUT2D eigenvalue weighted by molar-refractivity contribution is -0.142. The predicted octanol–water partition coefficient (Wildman–Crippen LogP) is -1.17. The van der Waals surface area contributed by atoms with Gasteiger partial charge in [0.25, 0.3) is 0 Å². The van der Waals surface area contributed by atoms with Crippen LogP contribution in [0.5, 0.6) is 0 Å². The Bertz CT molecular complexity index is 874. The number of carboxylic acid groups (broad SMARTS) is 1. The van der Waals surface area contributed by atoms with Gasteiger partial charge in [-0.25, -0.2) is 4.79 Å². The van der Waals surface area contributed by atoms with Crippen LogP contribution in [0.15, 0.2) is 35.3 Å². The van der Waals surface area contributed by atoms with E-state index in [1.165, 1.54) is 0 Å². The molecule has 0 aliphatic heterocycles. The number of amides is 3. The average molecular weight is 492 g/mol. The Kier molecular flexibility index (Phi) is 12.8. The van der Waals surface area contributed by atoms with Gasteiger partial charge in [0, 0.05) is 13.0 Å². The molecule has 12 nitrogen and oxygen atoms in total. The smallest absolute Gasteiger partial charge is 0.326 e. The van der Waals surface area contributed by atoms with Crippen molar-refractivity contribution in [3.8, 4) is 0 Å². The van der Waals surface area contributed by atoms with Crippen molar-refractivity contribution in [1.29, 1.82) is 0 Å². The summed E-state index contributed by atoms with van der Waals surface area (Å²) in [6, 6.07) is 5.79. The Hall–Kier alpha value is -3.67. The van der Waals surface area contributed by atoms with E-state index in [2.05, 4.69) is 20.9 Å². The minimum Gasteiger partial charge on any atom is -0.480 e. The van der Waals surface area contributed by atoms with Crippen LogP contribution in [0.25, 0.3) is 0 Å². The number of carbonyl (C=O) groups excluding carboxylic acids is 3. The van der Waals surface area contributed by atoms with Gasteiger partial charge in [0.1, 0.15) is 18.1 Å². The minimum absolute atomic E-state index is 0.0892. The number of carboxylic acids is 1. The summed E-state index contributed by atoms with van der Waals surface area (Å²) in [6.07, 6.45) is 1.13. The number of rotatable bonds is 15. The minimum atomic E-state index is -1.22. The third-order valence-electron chi connectivity index (χ3n) is 5.47. The zero-order chi connectivity index (χ0) is 26.4. The molecule has 0 saturated heterocycles. The number of aliphatic imine (C=N–C) groups is 1. The van der Waals surface area contributed by atoms with Crippen molar-refractivity contribution >= 4 is 29.7 Å². The summed E-state index contributed by atoms with van der Waals surface area (Å²) in [5, 5.41) is 17.3. The second kappa shape index (κ2) is 15.3. The van der Waals surface area contributed by atoms with Gasteiger partial charge < -0.3 is 38.3 Å². The zero-order valence-electron chi connectivity index (χ0n) is 20.2. The number of hydrogen-bond donors (Lipinski definition) is 7. The highest BCUT2D eigenvalue weighted by Crippen LogP contribution is 2.10. The molecule has 12 heteroatoms. The standard InChI is InChI=1S/C23H37N7O5/c1-3-14(2)19(30-18(31)13-24)21(33)29-17(12-15-8-5-4-6-9-15)20(32)28-16(22(34)35)10-7-11-27-23(25)26/h4-6,8-9,14,16-17,19H,3,7,10-13,24H2,1-2H3,(H,28,32)(H,29,33)(H,30,31)(H,34,35)(H4,25,26,27). The maximum absolute atomic E-state index is 13.1. The van der Waals surface area contributed by atoms with E-state index in [-0.39, 0.29) is 37.8 Å². The maximum atomic E-state index is 13.1. The van der Waals surface area contributed by atoms with Crippen molar-refractivity contribution in [2.75, 3.05) is 13.1 Å². The molecule has 0 aromatic heterocycles. The number of nitrogens with one attached hydrogen (secondary N) is 3. The van der Waals surface area contributed by atoms with Gasteiger partial charge in [0.15, 0.2) is 5.96 Å². The summed E-state index contributed by atoms with van der Waals surface area (Å²) in [5.41, 5.74) is 16.7. The highest BCUT2D eigenvalue weighted by molar-refractivity contribution is 5.93. The fourth-order valence-corrected chi connectivity index (χ4v) is 3.29. The van der Waals surface area contributed by atoms with Crippen molar-refractivity contribution in [3.63, 3.8) is 0 Å². The number of benzene rings is 1. The normalized spacial score (nSPS) is 14.0. The third kappa shape index (κ3) is 10.9. The van der Waals surface area contributed by atoms with E-state index in [9.17, 15) is 24.3 Å². The van der Waals surface area contributed by atoms with Crippen LogP contribution in [0.1, 0.15) is 38.7 Å². The Morgan fingerprint density at radius 1 is 1.00 bits per heavy atom. The van der Waals surface area contributed by atoms with Gasteiger partial charge in [0.2, 0.25) is 17.7 Å². The summed E-state index contributed by atoms with van der Waals surface area (Å²) in [5.74, 6) is -3.28. The molecule has 4 atom stereocenters. The van der Waals surface area contributed by atoms with Gasteiger partial charge in [-0.2, -0.15) is 0 Å². The van der Waals surface area contributed by atoms with E-state index < -0.39 is 41.8 Å². The van der Waals surface area contributed by atoms with Crippen molar-refractivity contribution in [3.05, 3.63) is 35.9 Å². The molecule has 1 aromatic rings. The van der Waals surface area contributed by atoms with E-state index in [1.807, 2.05) is 13.0 Å². The molecule has 3 amide bonds. The summed E-state index contributed by atoms with van der Waals surface area (Å²) >= 11 is 0. The molecule has 194 valence electrons. The van der Waals surface area contributed by atoms with Crippen molar-refractivity contribution < 1.29 is 24.3 Å². The zero-order valence-corrected chi connectivity index (χ0v) is 20.2. The summed E-state index contributed by atoms with van der Waals surface area (Å²) in [7, 11) is 0. The first-order chi connectivity index (χ1) is 16.6.